The molecule has 0 spiro atoms. The first-order valence-electron chi connectivity index (χ1n) is 10.6. The number of halogens is 3. The average Bonchev–Trinajstić information content (AvgIpc) is 2.73. The van der Waals surface area contributed by atoms with E-state index in [4.69, 9.17) is 0 Å². The molecule has 0 saturated carbocycles. The van der Waals surface area contributed by atoms with Crippen LogP contribution in [0.4, 0.5) is 13.2 Å². The van der Waals surface area contributed by atoms with E-state index >= 15 is 0 Å². The lowest BCUT2D eigenvalue weighted by Gasteiger charge is -2.28. The number of hydrogen-bond acceptors (Lipinski definition) is 5. The van der Waals surface area contributed by atoms with Crippen LogP contribution in [-0.2, 0) is 14.6 Å². The van der Waals surface area contributed by atoms with Crippen molar-refractivity contribution in [2.75, 3.05) is 12.8 Å². The zero-order valence-electron chi connectivity index (χ0n) is 19.2. The number of thiol groups is 1. The lowest BCUT2D eigenvalue weighted by atomic mass is 9.97. The Morgan fingerprint density at radius 2 is 1.53 bits per heavy atom. The van der Waals surface area contributed by atoms with Gasteiger partial charge in [0.2, 0.25) is 5.91 Å². The Labute approximate surface area is 204 Å². The van der Waals surface area contributed by atoms with Crippen molar-refractivity contribution in [1.29, 1.82) is 0 Å². The molecule has 0 aromatic heterocycles. The average molecular weight is 515 g/mol. The summed E-state index contributed by atoms with van der Waals surface area (Å²) in [6.45, 7) is 7.27. The van der Waals surface area contributed by atoms with Gasteiger partial charge in [0.25, 0.3) is 0 Å². The van der Waals surface area contributed by atoms with Gasteiger partial charge in [-0.05, 0) is 46.1 Å². The van der Waals surface area contributed by atoms with Gasteiger partial charge in [0, 0.05) is 12.8 Å². The molecule has 0 saturated heterocycles. The van der Waals surface area contributed by atoms with Gasteiger partial charge in [0.15, 0.2) is 9.84 Å². The molecule has 34 heavy (non-hydrogen) atoms. The van der Waals surface area contributed by atoms with Crippen LogP contribution in [0.3, 0.4) is 0 Å². The summed E-state index contributed by atoms with van der Waals surface area (Å²) in [4.78, 5) is 13.1. The van der Waals surface area contributed by atoms with Crippen LogP contribution in [0.15, 0.2) is 64.9 Å². The number of alkyl halides is 3. The molecule has 0 aliphatic heterocycles. The van der Waals surface area contributed by atoms with Crippen molar-refractivity contribution < 1.29 is 26.4 Å². The molecule has 0 unspecified atom stereocenters. The van der Waals surface area contributed by atoms with Gasteiger partial charge in [-0.3, -0.25) is 10.1 Å². The second kappa shape index (κ2) is 11.4. The quantitative estimate of drug-likeness (QED) is 0.393. The third-order valence-electron chi connectivity index (χ3n) is 5.05. The third kappa shape index (κ3) is 8.18. The molecular formula is C24H29F3N2O3S2. The first-order valence-corrected chi connectivity index (χ1v) is 12.9. The molecule has 0 aliphatic carbocycles. The zero-order valence-corrected chi connectivity index (χ0v) is 20.9. The van der Waals surface area contributed by atoms with Crippen LogP contribution in [-0.4, -0.2) is 39.3 Å². The zero-order chi connectivity index (χ0) is 25.7. The van der Waals surface area contributed by atoms with E-state index in [1.807, 2.05) is 13.8 Å². The fourth-order valence-electron chi connectivity index (χ4n) is 3.38. The van der Waals surface area contributed by atoms with E-state index in [-0.39, 0.29) is 29.3 Å². The number of carbonyl (C=O) groups excluding carboxylic acids is 1. The molecule has 186 valence electrons. The molecule has 5 nitrogen and oxygen atoms in total. The van der Waals surface area contributed by atoms with Crippen molar-refractivity contribution >= 4 is 28.4 Å². The summed E-state index contributed by atoms with van der Waals surface area (Å²) in [7, 11) is -3.35. The molecule has 2 rings (SSSR count). The van der Waals surface area contributed by atoms with E-state index in [2.05, 4.69) is 29.8 Å². The number of hydrogen-bond donors (Lipinski definition) is 3. The van der Waals surface area contributed by atoms with Crippen LogP contribution < -0.4 is 10.6 Å². The predicted molar refractivity (Wildman–Crippen MR) is 131 cm³/mol. The van der Waals surface area contributed by atoms with E-state index in [9.17, 15) is 26.4 Å². The number of nitrogens with one attached hydrogen (secondary N) is 2. The van der Waals surface area contributed by atoms with Gasteiger partial charge in [-0.25, -0.2) is 8.42 Å². The molecule has 0 radical (unpaired) electrons. The first-order chi connectivity index (χ1) is 15.7. The summed E-state index contributed by atoms with van der Waals surface area (Å²) in [6.07, 6.45) is -3.33. The van der Waals surface area contributed by atoms with Crippen LogP contribution in [0.2, 0.25) is 0 Å². The van der Waals surface area contributed by atoms with Crippen molar-refractivity contribution in [2.45, 2.75) is 43.4 Å². The van der Waals surface area contributed by atoms with Gasteiger partial charge in [-0.1, -0.05) is 56.8 Å². The van der Waals surface area contributed by atoms with Crippen LogP contribution in [0.1, 0.15) is 31.9 Å². The smallest absolute Gasteiger partial charge is 0.350 e. The molecule has 1 amide bonds. The molecule has 0 fully saturated rings. The van der Waals surface area contributed by atoms with E-state index in [1.54, 1.807) is 12.1 Å². The number of carbonyl (C=O) groups is 1. The Balaban J connectivity index is 2.30. The topological polar surface area (TPSA) is 75.3 Å². The minimum Gasteiger partial charge on any atom is -0.350 e. The lowest BCUT2D eigenvalue weighted by Crippen LogP contribution is -2.49. The molecule has 2 aromatic rings. The molecular weight excluding hydrogens is 485 g/mol. The van der Waals surface area contributed by atoms with Crippen molar-refractivity contribution in [1.82, 2.24) is 10.6 Å². The standard InChI is InChI=1S/C24H29F3N2O3S2/c1-15(2)13-21(23(30)28-14-16(3)33)29-22(24(25,26)27)19-7-5-17(6-8-19)18-9-11-20(12-10-18)34(4,31)32/h5-12,15,21-22,29,33H,3,13-14H2,1-2,4H3,(H,28,30)/t21-,22-/m0/s1. The number of amides is 1. The maximum Gasteiger partial charge on any atom is 0.407 e. The summed E-state index contributed by atoms with van der Waals surface area (Å²) < 4.78 is 65.2. The SMILES string of the molecule is C=C(S)CNC(=O)[C@H](CC(C)C)N[C@@H](c1ccc(-c2ccc(S(C)(=O)=O)cc2)cc1)C(F)(F)F. The highest BCUT2D eigenvalue weighted by atomic mass is 32.2. The maximum atomic E-state index is 14.0. The maximum absolute atomic E-state index is 14.0. The molecule has 2 atom stereocenters. The highest BCUT2D eigenvalue weighted by Crippen LogP contribution is 2.34. The van der Waals surface area contributed by atoms with Gasteiger partial charge < -0.3 is 5.32 Å². The van der Waals surface area contributed by atoms with Crippen molar-refractivity contribution in [3.63, 3.8) is 0 Å². The van der Waals surface area contributed by atoms with Crippen LogP contribution in [0, 0.1) is 5.92 Å². The first kappa shape index (κ1) is 27.9. The Bertz CT molecular complexity index is 1100. The summed E-state index contributed by atoms with van der Waals surface area (Å²) in [5.74, 6) is -0.575. The van der Waals surface area contributed by atoms with E-state index in [0.29, 0.717) is 16.0 Å². The Morgan fingerprint density at radius 1 is 1.03 bits per heavy atom. The van der Waals surface area contributed by atoms with Gasteiger partial charge >= 0.3 is 6.18 Å². The van der Waals surface area contributed by atoms with Gasteiger partial charge in [-0.2, -0.15) is 13.2 Å². The monoisotopic (exact) mass is 514 g/mol. The predicted octanol–water partition coefficient (Wildman–Crippen LogP) is 4.92. The normalized spacial score (nSPS) is 14.0. The molecule has 10 heteroatoms. The molecule has 2 aromatic carbocycles. The van der Waals surface area contributed by atoms with Crippen molar-refractivity contribution in [2.24, 2.45) is 5.92 Å². The van der Waals surface area contributed by atoms with Gasteiger partial charge in [0.1, 0.15) is 6.04 Å². The number of rotatable bonds is 10. The summed E-state index contributed by atoms with van der Waals surface area (Å²) in [6, 6.07) is 8.76. The van der Waals surface area contributed by atoms with E-state index < -0.39 is 34.0 Å². The summed E-state index contributed by atoms with van der Waals surface area (Å²) in [5, 5.41) is 5.04. The highest BCUT2D eigenvalue weighted by molar-refractivity contribution is 7.90. The largest absolute Gasteiger partial charge is 0.407 e. The minimum absolute atomic E-state index is 0.0198. The molecule has 0 bridgehead atoms. The number of sulfone groups is 1. The highest BCUT2D eigenvalue weighted by Gasteiger charge is 2.42. The Hall–Kier alpha value is -2.30. The Kier molecular flexibility index (Phi) is 9.38. The van der Waals surface area contributed by atoms with Crippen LogP contribution in [0.5, 0.6) is 0 Å². The molecule has 0 heterocycles. The third-order valence-corrected chi connectivity index (χ3v) is 6.33. The fraction of sp³-hybridized carbons (Fsp3) is 0.375. The van der Waals surface area contributed by atoms with Crippen molar-refractivity contribution in [3.8, 4) is 11.1 Å². The van der Waals surface area contributed by atoms with Gasteiger partial charge in [0.05, 0.1) is 10.9 Å². The minimum atomic E-state index is -4.64. The van der Waals surface area contributed by atoms with Gasteiger partial charge in [-0.15, -0.1) is 12.6 Å². The fourth-order valence-corrected chi connectivity index (χ4v) is 4.09. The molecule has 2 N–H and O–H groups in total. The summed E-state index contributed by atoms with van der Waals surface area (Å²) in [5.41, 5.74) is 1.26. The lowest BCUT2D eigenvalue weighted by molar-refractivity contribution is -0.161. The second-order valence-corrected chi connectivity index (χ2v) is 11.2. The van der Waals surface area contributed by atoms with Crippen LogP contribution in [0.25, 0.3) is 11.1 Å². The Morgan fingerprint density at radius 3 is 1.94 bits per heavy atom. The second-order valence-electron chi connectivity index (χ2n) is 8.53. The van der Waals surface area contributed by atoms with Crippen LogP contribution >= 0.6 is 12.6 Å². The van der Waals surface area contributed by atoms with E-state index in [0.717, 1.165) is 6.26 Å². The van der Waals surface area contributed by atoms with Crippen molar-refractivity contribution in [3.05, 3.63) is 65.6 Å². The summed E-state index contributed by atoms with van der Waals surface area (Å²) >= 11 is 4.00. The number of benzene rings is 2. The molecule has 0 aliphatic rings. The van der Waals surface area contributed by atoms with E-state index in [1.165, 1.54) is 36.4 Å².